The summed E-state index contributed by atoms with van der Waals surface area (Å²) in [4.78, 5) is 25.4. The van der Waals surface area contributed by atoms with Crippen molar-refractivity contribution in [1.29, 1.82) is 0 Å². The van der Waals surface area contributed by atoms with Crippen LogP contribution in [-0.2, 0) is 19.5 Å². The van der Waals surface area contributed by atoms with Gasteiger partial charge in [-0.25, -0.2) is 9.78 Å². The Labute approximate surface area is 248 Å². The lowest BCUT2D eigenvalue weighted by Gasteiger charge is -2.11. The Kier molecular flexibility index (Phi) is 9.02. The van der Waals surface area contributed by atoms with Crippen LogP contribution in [0.15, 0.2) is 70.6 Å². The van der Waals surface area contributed by atoms with E-state index in [1.807, 2.05) is 37.3 Å². The molecule has 0 aliphatic heterocycles. The molecule has 1 atom stereocenters. The molecule has 0 unspecified atom stereocenters. The van der Waals surface area contributed by atoms with Crippen molar-refractivity contribution < 1.29 is 13.2 Å². The van der Waals surface area contributed by atoms with E-state index in [0.29, 0.717) is 52.6 Å². The van der Waals surface area contributed by atoms with Crippen LogP contribution in [0.3, 0.4) is 0 Å². The molecular formula is C29H30F3N7OS2. The third kappa shape index (κ3) is 7.79. The lowest BCUT2D eigenvalue weighted by atomic mass is 10.0. The lowest BCUT2D eigenvalue weighted by Crippen LogP contribution is -2.20. The van der Waals surface area contributed by atoms with E-state index in [-0.39, 0.29) is 22.7 Å². The van der Waals surface area contributed by atoms with Gasteiger partial charge in [0.25, 0.3) is 0 Å². The van der Waals surface area contributed by atoms with Crippen LogP contribution in [0.25, 0.3) is 28.0 Å². The van der Waals surface area contributed by atoms with Crippen LogP contribution in [0.5, 0.6) is 0 Å². The van der Waals surface area contributed by atoms with E-state index in [4.69, 9.17) is 11.5 Å². The zero-order chi connectivity index (χ0) is 29.9. The van der Waals surface area contributed by atoms with Gasteiger partial charge in [-0.2, -0.15) is 18.2 Å². The lowest BCUT2D eigenvalue weighted by molar-refractivity contribution is -0.0328. The SMILES string of the molecule is C[C@H](N)CCCc1cc(SC(F)(F)F)cc(-c2cc3cn(-c4ccc(CNCc5cnc(N)s5)cc4)c(=O)nc3[nH]2)c1. The standard InChI is InChI=1S/C29H30F3N7OS2/c1-17(33)3-2-4-19-9-20(11-23(10-19)42-29(30,31)32)25-12-21-16-39(28(40)38-26(21)37-25)22-7-5-18(6-8-22)13-35-14-24-15-36-27(34)41-24/h5-12,15-17,35H,2-4,13-14,33H2,1H3,(H2,34,36)(H,37,38,40)/t17-/m0/s1. The Hall–Kier alpha value is -3.65. The number of H-pyrrole nitrogens is 1. The number of nitrogens with one attached hydrogen (secondary N) is 2. The van der Waals surface area contributed by atoms with Gasteiger partial charge in [-0.1, -0.05) is 12.1 Å². The molecule has 0 amide bonds. The number of nitrogen functional groups attached to an aromatic ring is 1. The fourth-order valence-electron chi connectivity index (χ4n) is 4.62. The van der Waals surface area contributed by atoms with Crippen molar-refractivity contribution in [3.8, 4) is 16.9 Å². The number of aromatic amines is 1. The minimum atomic E-state index is -4.41. The first-order chi connectivity index (χ1) is 20.0. The van der Waals surface area contributed by atoms with Gasteiger partial charge in [0.05, 0.1) is 5.69 Å². The number of nitrogens with two attached hydrogens (primary N) is 2. The van der Waals surface area contributed by atoms with Gasteiger partial charge in [0.2, 0.25) is 0 Å². The maximum atomic E-state index is 13.2. The Morgan fingerprint density at radius 3 is 2.60 bits per heavy atom. The average molecular weight is 614 g/mol. The van der Waals surface area contributed by atoms with E-state index in [2.05, 4.69) is 20.3 Å². The average Bonchev–Trinajstić information content (AvgIpc) is 3.53. The van der Waals surface area contributed by atoms with Crippen molar-refractivity contribution in [2.75, 3.05) is 5.73 Å². The second-order valence-corrected chi connectivity index (χ2v) is 12.4. The minimum Gasteiger partial charge on any atom is -0.375 e. The van der Waals surface area contributed by atoms with Crippen molar-refractivity contribution in [1.82, 2.24) is 24.8 Å². The minimum absolute atomic E-state index is 0.0207. The molecule has 6 N–H and O–H groups in total. The molecule has 0 radical (unpaired) electrons. The molecule has 5 rings (SSSR count). The zero-order valence-electron chi connectivity index (χ0n) is 22.7. The number of nitrogens with zero attached hydrogens (tertiary/aromatic N) is 3. The second kappa shape index (κ2) is 12.7. The topological polar surface area (TPSA) is 128 Å². The first-order valence-electron chi connectivity index (χ1n) is 13.3. The van der Waals surface area contributed by atoms with E-state index in [0.717, 1.165) is 28.8 Å². The number of halogens is 3. The summed E-state index contributed by atoms with van der Waals surface area (Å²) in [5, 5.41) is 4.54. The van der Waals surface area contributed by atoms with Gasteiger partial charge in [0, 0.05) is 52.4 Å². The molecule has 0 fully saturated rings. The predicted molar refractivity (Wildman–Crippen MR) is 163 cm³/mol. The van der Waals surface area contributed by atoms with Gasteiger partial charge in [0.1, 0.15) is 5.65 Å². The molecule has 0 saturated heterocycles. The van der Waals surface area contributed by atoms with Crippen molar-refractivity contribution in [3.05, 3.63) is 87.4 Å². The van der Waals surface area contributed by atoms with Gasteiger partial charge in [0.15, 0.2) is 5.13 Å². The van der Waals surface area contributed by atoms with Gasteiger partial charge >= 0.3 is 11.2 Å². The molecule has 0 spiro atoms. The number of rotatable bonds is 11. The summed E-state index contributed by atoms with van der Waals surface area (Å²) in [6.45, 7) is 3.19. The number of anilines is 1. The highest BCUT2D eigenvalue weighted by Gasteiger charge is 2.29. The number of thiazole rings is 1. The number of fused-ring (bicyclic) bond motifs is 1. The molecule has 0 bridgehead atoms. The molecule has 5 aromatic rings. The number of aromatic nitrogens is 4. The summed E-state index contributed by atoms with van der Waals surface area (Å²) in [5.41, 5.74) is 10.7. The van der Waals surface area contributed by atoms with Gasteiger partial charge in [-0.15, -0.1) is 11.3 Å². The fourth-order valence-corrected chi connectivity index (χ4v) is 5.94. The van der Waals surface area contributed by atoms with Crippen LogP contribution in [0.1, 0.15) is 35.8 Å². The summed E-state index contributed by atoms with van der Waals surface area (Å²) < 4.78 is 41.1. The number of benzene rings is 2. The summed E-state index contributed by atoms with van der Waals surface area (Å²) in [7, 11) is 0. The first kappa shape index (κ1) is 29.8. The maximum absolute atomic E-state index is 13.2. The first-order valence-corrected chi connectivity index (χ1v) is 14.9. The third-order valence-electron chi connectivity index (χ3n) is 6.56. The maximum Gasteiger partial charge on any atom is 0.446 e. The van der Waals surface area contributed by atoms with E-state index in [9.17, 15) is 18.0 Å². The molecule has 220 valence electrons. The highest BCUT2D eigenvalue weighted by Crippen LogP contribution is 2.39. The second-order valence-electron chi connectivity index (χ2n) is 10.1. The Morgan fingerprint density at radius 2 is 1.90 bits per heavy atom. The summed E-state index contributed by atoms with van der Waals surface area (Å²) in [6.07, 6.45) is 5.58. The number of thioether (sulfide) groups is 1. The monoisotopic (exact) mass is 613 g/mol. The van der Waals surface area contributed by atoms with Crippen molar-refractivity contribution >= 4 is 39.3 Å². The molecular weight excluding hydrogens is 583 g/mol. The van der Waals surface area contributed by atoms with E-state index in [1.54, 1.807) is 24.5 Å². The molecule has 0 saturated carbocycles. The van der Waals surface area contributed by atoms with Crippen LogP contribution < -0.4 is 22.5 Å². The fraction of sp³-hybridized carbons (Fsp3) is 0.276. The summed E-state index contributed by atoms with van der Waals surface area (Å²) >= 11 is 1.30. The quantitative estimate of drug-likeness (QED) is 0.135. The molecule has 0 aliphatic rings. The highest BCUT2D eigenvalue weighted by molar-refractivity contribution is 8.00. The van der Waals surface area contributed by atoms with Gasteiger partial charge in [-0.3, -0.25) is 4.57 Å². The Bertz CT molecular complexity index is 1730. The predicted octanol–water partition coefficient (Wildman–Crippen LogP) is 5.99. The smallest absolute Gasteiger partial charge is 0.375 e. The van der Waals surface area contributed by atoms with Gasteiger partial charge < -0.3 is 21.8 Å². The van der Waals surface area contributed by atoms with E-state index >= 15 is 0 Å². The van der Waals surface area contributed by atoms with E-state index < -0.39 is 11.2 Å². The Balaban J connectivity index is 1.37. The molecule has 8 nitrogen and oxygen atoms in total. The molecule has 42 heavy (non-hydrogen) atoms. The van der Waals surface area contributed by atoms with Crippen LogP contribution in [0.4, 0.5) is 18.3 Å². The Morgan fingerprint density at radius 1 is 1.12 bits per heavy atom. The molecule has 3 heterocycles. The zero-order valence-corrected chi connectivity index (χ0v) is 24.4. The van der Waals surface area contributed by atoms with Crippen LogP contribution in [-0.4, -0.2) is 31.1 Å². The van der Waals surface area contributed by atoms with Crippen molar-refractivity contribution in [3.63, 3.8) is 0 Å². The number of hydrogen-bond donors (Lipinski definition) is 4. The number of hydrogen-bond acceptors (Lipinski definition) is 8. The van der Waals surface area contributed by atoms with Gasteiger partial charge in [-0.05, 0) is 91.0 Å². The van der Waals surface area contributed by atoms with Crippen molar-refractivity contribution in [2.24, 2.45) is 5.73 Å². The van der Waals surface area contributed by atoms with Crippen LogP contribution in [0, 0.1) is 0 Å². The molecule has 0 aliphatic carbocycles. The highest BCUT2D eigenvalue weighted by atomic mass is 32.2. The number of alkyl halides is 3. The molecule has 3 aromatic heterocycles. The van der Waals surface area contributed by atoms with Crippen LogP contribution >= 0.6 is 23.1 Å². The normalized spacial score (nSPS) is 12.7. The largest absolute Gasteiger partial charge is 0.446 e. The van der Waals surface area contributed by atoms with Crippen molar-refractivity contribution in [2.45, 2.75) is 55.7 Å². The number of aryl methyl sites for hydroxylation is 1. The summed E-state index contributed by atoms with van der Waals surface area (Å²) in [5.74, 6) is 0. The van der Waals surface area contributed by atoms with E-state index in [1.165, 1.54) is 22.0 Å². The van der Waals surface area contributed by atoms with Crippen LogP contribution in [0.2, 0.25) is 0 Å². The summed E-state index contributed by atoms with van der Waals surface area (Å²) in [6, 6.07) is 14.3. The molecule has 2 aromatic carbocycles. The third-order valence-corrected chi connectivity index (χ3v) is 8.09. The molecule has 13 heteroatoms.